The molecule has 1 N–H and O–H groups in total. The minimum absolute atomic E-state index is 0.103. The van der Waals surface area contributed by atoms with E-state index in [-0.39, 0.29) is 24.1 Å². The van der Waals surface area contributed by atoms with Crippen molar-refractivity contribution in [2.75, 3.05) is 13.7 Å². The average Bonchev–Trinajstić information content (AvgIpc) is 2.84. The summed E-state index contributed by atoms with van der Waals surface area (Å²) in [5, 5.41) is 2.83. The van der Waals surface area contributed by atoms with Gasteiger partial charge in [0.15, 0.2) is 0 Å². The van der Waals surface area contributed by atoms with E-state index < -0.39 is 23.8 Å². The van der Waals surface area contributed by atoms with Crippen molar-refractivity contribution in [3.8, 4) is 0 Å². The van der Waals surface area contributed by atoms with Gasteiger partial charge in [-0.2, -0.15) is 0 Å². The highest BCUT2D eigenvalue weighted by molar-refractivity contribution is 5.91. The van der Waals surface area contributed by atoms with Gasteiger partial charge in [0.2, 0.25) is 11.8 Å². The number of carbonyl (C=O) groups is 3. The molecule has 0 saturated carbocycles. The van der Waals surface area contributed by atoms with Gasteiger partial charge in [-0.3, -0.25) is 14.5 Å². The molecule has 4 unspecified atom stereocenters. The molecule has 2 saturated heterocycles. The number of nitrogens with one attached hydrogen (secondary N) is 1. The summed E-state index contributed by atoms with van der Waals surface area (Å²) < 4.78 is 11.1. The van der Waals surface area contributed by atoms with E-state index in [1.54, 1.807) is 32.7 Å². The summed E-state index contributed by atoms with van der Waals surface area (Å²) in [5.74, 6) is -0.458. The number of rotatable bonds is 4. The highest BCUT2D eigenvalue weighted by Crippen LogP contribution is 2.28. The minimum atomic E-state index is -0.705. The molecular weight excluding hydrogens is 350 g/mol. The van der Waals surface area contributed by atoms with Crippen molar-refractivity contribution in [3.63, 3.8) is 0 Å². The van der Waals surface area contributed by atoms with Gasteiger partial charge >= 0.3 is 6.09 Å². The summed E-state index contributed by atoms with van der Waals surface area (Å²) in [7, 11) is 1.54. The zero-order valence-corrected chi connectivity index (χ0v) is 17.3. The van der Waals surface area contributed by atoms with E-state index in [1.165, 1.54) is 4.90 Å². The van der Waals surface area contributed by atoms with Gasteiger partial charge in [-0.1, -0.05) is 6.92 Å². The van der Waals surface area contributed by atoms with E-state index in [1.807, 2.05) is 13.8 Å². The van der Waals surface area contributed by atoms with Crippen molar-refractivity contribution in [1.82, 2.24) is 15.1 Å². The molecule has 8 nitrogen and oxygen atoms in total. The normalized spacial score (nSPS) is 26.8. The molecule has 27 heavy (non-hydrogen) atoms. The van der Waals surface area contributed by atoms with Crippen LogP contribution >= 0.6 is 0 Å². The number of fused-ring (bicyclic) bond motifs is 1. The standard InChI is InChI=1S/C19H33N3O5/c1-7-14(21(6)18(25)27-19(3,4)5)16(23)20-13-10-11-26-15-9-8-12(2)22(15)17(13)24/h12-15H,7-11H2,1-6H3,(H,20,23). The third-order valence-electron chi connectivity index (χ3n) is 5.04. The summed E-state index contributed by atoms with van der Waals surface area (Å²) in [5.41, 5.74) is -0.643. The summed E-state index contributed by atoms with van der Waals surface area (Å²) in [6.07, 6.45) is 1.82. The Morgan fingerprint density at radius 1 is 1.33 bits per heavy atom. The zero-order valence-electron chi connectivity index (χ0n) is 17.3. The van der Waals surface area contributed by atoms with Crippen LogP contribution in [0.2, 0.25) is 0 Å². The van der Waals surface area contributed by atoms with Gasteiger partial charge in [0.05, 0.1) is 6.61 Å². The lowest BCUT2D eigenvalue weighted by Crippen LogP contribution is -2.55. The first kappa shape index (κ1) is 21.5. The number of nitrogens with zero attached hydrogens (tertiary/aromatic N) is 2. The predicted octanol–water partition coefficient (Wildman–Crippen LogP) is 1.87. The molecule has 0 radical (unpaired) electrons. The summed E-state index contributed by atoms with van der Waals surface area (Å²) in [6, 6.07) is -1.24. The first-order valence-corrected chi connectivity index (χ1v) is 9.75. The fourth-order valence-corrected chi connectivity index (χ4v) is 3.59. The molecule has 0 bridgehead atoms. The molecule has 0 aromatic rings. The Labute approximate surface area is 161 Å². The Bertz CT molecular complexity index is 574. The lowest BCUT2D eigenvalue weighted by atomic mass is 10.1. The molecule has 0 aromatic carbocycles. The molecule has 3 amide bonds. The van der Waals surface area contributed by atoms with Gasteiger partial charge in [0.25, 0.3) is 0 Å². The number of carbonyl (C=O) groups excluding carboxylic acids is 3. The smallest absolute Gasteiger partial charge is 0.410 e. The second-order valence-electron chi connectivity index (χ2n) is 8.36. The maximum absolute atomic E-state index is 12.9. The Kier molecular flexibility index (Phi) is 6.72. The van der Waals surface area contributed by atoms with Gasteiger partial charge in [0.1, 0.15) is 23.9 Å². The molecule has 4 atom stereocenters. The number of ether oxygens (including phenoxy) is 2. The zero-order chi connectivity index (χ0) is 20.4. The largest absolute Gasteiger partial charge is 0.444 e. The van der Waals surface area contributed by atoms with Crippen molar-refractivity contribution in [3.05, 3.63) is 0 Å². The van der Waals surface area contributed by atoms with Crippen LogP contribution in [0, 0.1) is 0 Å². The maximum Gasteiger partial charge on any atom is 0.410 e. The molecule has 0 spiro atoms. The van der Waals surface area contributed by atoms with Crippen LogP contribution in [0.15, 0.2) is 0 Å². The van der Waals surface area contributed by atoms with Crippen LogP contribution in [0.1, 0.15) is 60.3 Å². The van der Waals surface area contributed by atoms with E-state index in [2.05, 4.69) is 5.32 Å². The molecule has 0 aromatic heterocycles. The molecular formula is C19H33N3O5. The fourth-order valence-electron chi connectivity index (χ4n) is 3.59. The first-order chi connectivity index (χ1) is 12.5. The second kappa shape index (κ2) is 8.46. The lowest BCUT2D eigenvalue weighted by Gasteiger charge is -2.31. The van der Waals surface area contributed by atoms with Crippen molar-refractivity contribution in [2.45, 2.75) is 90.3 Å². The van der Waals surface area contributed by atoms with Gasteiger partial charge in [0, 0.05) is 19.5 Å². The number of hydrogen-bond acceptors (Lipinski definition) is 5. The van der Waals surface area contributed by atoms with E-state index in [0.717, 1.165) is 12.8 Å². The average molecular weight is 383 g/mol. The molecule has 2 heterocycles. The molecule has 2 fully saturated rings. The fraction of sp³-hybridized carbons (Fsp3) is 0.842. The predicted molar refractivity (Wildman–Crippen MR) is 99.9 cm³/mol. The molecule has 154 valence electrons. The highest BCUT2D eigenvalue weighted by atomic mass is 16.6. The van der Waals surface area contributed by atoms with E-state index >= 15 is 0 Å². The topological polar surface area (TPSA) is 88.2 Å². The van der Waals surface area contributed by atoms with Crippen molar-refractivity contribution < 1.29 is 23.9 Å². The van der Waals surface area contributed by atoms with Crippen molar-refractivity contribution in [1.29, 1.82) is 0 Å². The van der Waals surface area contributed by atoms with Crippen LogP contribution in [-0.2, 0) is 19.1 Å². The van der Waals surface area contributed by atoms with Crippen LogP contribution in [0.3, 0.4) is 0 Å². The Balaban J connectivity index is 2.04. The van der Waals surface area contributed by atoms with Crippen LogP contribution in [-0.4, -0.2) is 71.3 Å². The SMILES string of the molecule is CCC(C(=O)NC1CCOC2CCC(C)N2C1=O)N(C)C(=O)OC(C)(C)C. The van der Waals surface area contributed by atoms with Crippen LogP contribution < -0.4 is 5.32 Å². The summed E-state index contributed by atoms with van der Waals surface area (Å²) in [6.45, 7) is 9.56. The molecule has 2 aliphatic heterocycles. The maximum atomic E-state index is 12.9. The van der Waals surface area contributed by atoms with Gasteiger partial charge in [-0.15, -0.1) is 0 Å². The van der Waals surface area contributed by atoms with Crippen LogP contribution in [0.4, 0.5) is 4.79 Å². The monoisotopic (exact) mass is 383 g/mol. The molecule has 8 heteroatoms. The van der Waals surface area contributed by atoms with E-state index in [9.17, 15) is 14.4 Å². The lowest BCUT2D eigenvalue weighted by molar-refractivity contribution is -0.144. The third kappa shape index (κ3) is 5.12. The molecule has 2 rings (SSSR count). The highest BCUT2D eigenvalue weighted by Gasteiger charge is 2.41. The van der Waals surface area contributed by atoms with Gasteiger partial charge in [-0.05, 0) is 47.0 Å². The van der Waals surface area contributed by atoms with Gasteiger partial charge in [-0.25, -0.2) is 4.79 Å². The van der Waals surface area contributed by atoms with Crippen LogP contribution in [0.25, 0.3) is 0 Å². The number of amides is 3. The van der Waals surface area contributed by atoms with E-state index in [0.29, 0.717) is 19.4 Å². The Hall–Kier alpha value is -1.83. The first-order valence-electron chi connectivity index (χ1n) is 9.75. The number of hydrogen-bond donors (Lipinski definition) is 1. The van der Waals surface area contributed by atoms with Crippen molar-refractivity contribution >= 4 is 17.9 Å². The molecule has 2 aliphatic rings. The Morgan fingerprint density at radius 3 is 2.59 bits per heavy atom. The third-order valence-corrected chi connectivity index (χ3v) is 5.04. The van der Waals surface area contributed by atoms with E-state index in [4.69, 9.17) is 9.47 Å². The number of likely N-dealkylation sites (N-methyl/N-ethyl adjacent to an activating group) is 1. The second-order valence-corrected chi connectivity index (χ2v) is 8.36. The minimum Gasteiger partial charge on any atom is -0.444 e. The van der Waals surface area contributed by atoms with Crippen LogP contribution in [0.5, 0.6) is 0 Å². The Morgan fingerprint density at radius 2 is 2.00 bits per heavy atom. The molecule has 0 aliphatic carbocycles. The summed E-state index contributed by atoms with van der Waals surface area (Å²) in [4.78, 5) is 41.0. The van der Waals surface area contributed by atoms with Gasteiger partial charge < -0.3 is 19.7 Å². The summed E-state index contributed by atoms with van der Waals surface area (Å²) >= 11 is 0. The van der Waals surface area contributed by atoms with Crippen molar-refractivity contribution in [2.24, 2.45) is 0 Å². The quantitative estimate of drug-likeness (QED) is 0.801.